The Morgan fingerprint density at radius 2 is 1.00 bits per heavy atom. The van der Waals surface area contributed by atoms with Crippen molar-refractivity contribution in [2.45, 2.75) is 0 Å². The number of benzene rings is 6. The topological polar surface area (TPSA) is 60.6 Å². The lowest BCUT2D eigenvalue weighted by atomic mass is 10.1. The second-order valence-corrected chi connectivity index (χ2v) is 11.0. The van der Waals surface area contributed by atoms with Crippen molar-refractivity contribution in [3.05, 3.63) is 169 Å². The van der Waals surface area contributed by atoms with Crippen LogP contribution in [-0.4, -0.2) is 20.8 Å². The summed E-state index contributed by atoms with van der Waals surface area (Å²) in [7, 11) is 0. The van der Waals surface area contributed by atoms with E-state index in [1.54, 1.807) is 0 Å². The number of hydrogen-bond acceptors (Lipinski definition) is 1. The van der Waals surface area contributed by atoms with Crippen LogP contribution in [0.2, 0.25) is 0 Å². The zero-order valence-electron chi connectivity index (χ0n) is 24.5. The van der Waals surface area contributed by atoms with Crippen molar-refractivity contribution in [2.24, 2.45) is 15.7 Å². The van der Waals surface area contributed by atoms with Crippen LogP contribution in [0.25, 0.3) is 55.1 Å². The van der Waals surface area contributed by atoms with E-state index < -0.39 is 0 Å². The molecule has 45 heavy (non-hydrogen) atoms. The molecule has 5 nitrogen and oxygen atoms in total. The van der Waals surface area contributed by atoms with E-state index in [-0.39, 0.29) is 0 Å². The SMILES string of the molecule is C=C(N=C(N=C(N)c1ccccc1)c1ccccc1)n1c2ccccc2c2c(-n3c4ccccc4c4ccccc43)cccc21. The number of nitrogens with zero attached hydrogens (tertiary/aromatic N) is 4. The molecule has 0 amide bonds. The molecule has 0 aliphatic heterocycles. The fraction of sp³-hybridized carbons (Fsp3) is 0. The van der Waals surface area contributed by atoms with Gasteiger partial charge in [-0.1, -0.05) is 128 Å². The van der Waals surface area contributed by atoms with Gasteiger partial charge in [-0.05, 0) is 30.3 Å². The van der Waals surface area contributed by atoms with Gasteiger partial charge < -0.3 is 10.3 Å². The first-order valence-electron chi connectivity index (χ1n) is 14.9. The Labute approximate surface area is 260 Å². The average Bonchev–Trinajstić information content (AvgIpc) is 3.62. The van der Waals surface area contributed by atoms with Gasteiger partial charge in [-0.2, -0.15) is 0 Å². The highest BCUT2D eigenvalue weighted by molar-refractivity contribution is 6.17. The second-order valence-electron chi connectivity index (χ2n) is 11.0. The van der Waals surface area contributed by atoms with Gasteiger partial charge >= 0.3 is 0 Å². The van der Waals surface area contributed by atoms with Crippen LogP contribution >= 0.6 is 0 Å². The average molecular weight is 580 g/mol. The highest BCUT2D eigenvalue weighted by Crippen LogP contribution is 2.39. The van der Waals surface area contributed by atoms with Crippen molar-refractivity contribution in [1.29, 1.82) is 0 Å². The van der Waals surface area contributed by atoms with Crippen LogP contribution in [-0.2, 0) is 0 Å². The standard InChI is InChI=1S/C40H29N5/c1-27(42-40(29-17-6-3-7-18-29)43-39(41)28-15-4-2-5-16-28)44-35-24-13-10-21-32(35)38-36(44)25-14-26-37(38)45-33-22-11-8-19-30(33)31-20-9-12-23-34(31)45/h2-26H,1H2,(H2,41,42,43). The summed E-state index contributed by atoms with van der Waals surface area (Å²) in [5.74, 6) is 1.43. The van der Waals surface area contributed by atoms with Gasteiger partial charge in [0.05, 0.1) is 27.8 Å². The van der Waals surface area contributed by atoms with E-state index in [0.717, 1.165) is 49.7 Å². The lowest BCUT2D eigenvalue weighted by molar-refractivity contribution is 1.17. The van der Waals surface area contributed by atoms with Crippen molar-refractivity contribution >= 4 is 61.1 Å². The molecule has 6 aromatic carbocycles. The number of nitrogens with two attached hydrogens (primary N) is 1. The van der Waals surface area contributed by atoms with E-state index in [1.807, 2.05) is 60.7 Å². The maximum absolute atomic E-state index is 6.50. The van der Waals surface area contributed by atoms with Crippen LogP contribution in [0.4, 0.5) is 0 Å². The summed E-state index contributed by atoms with van der Waals surface area (Å²) >= 11 is 0. The Kier molecular flexibility index (Phi) is 6.35. The molecule has 214 valence electrons. The molecule has 0 saturated carbocycles. The summed E-state index contributed by atoms with van der Waals surface area (Å²) in [5.41, 5.74) is 13.6. The molecule has 0 spiro atoms. The Bertz CT molecular complexity index is 2390. The van der Waals surface area contributed by atoms with E-state index in [0.29, 0.717) is 17.5 Å². The first-order valence-corrected chi connectivity index (χ1v) is 14.9. The Morgan fingerprint density at radius 1 is 0.489 bits per heavy atom. The third kappa shape index (κ3) is 4.41. The van der Waals surface area contributed by atoms with Gasteiger partial charge in [0.15, 0.2) is 5.84 Å². The number of hydrogen-bond donors (Lipinski definition) is 1. The fourth-order valence-corrected chi connectivity index (χ4v) is 6.35. The van der Waals surface area contributed by atoms with Crippen molar-refractivity contribution in [1.82, 2.24) is 9.13 Å². The monoisotopic (exact) mass is 579 g/mol. The van der Waals surface area contributed by atoms with Crippen LogP contribution in [0, 0.1) is 0 Å². The van der Waals surface area contributed by atoms with Gasteiger partial charge in [-0.3, -0.25) is 4.57 Å². The molecule has 0 unspecified atom stereocenters. The molecular weight excluding hydrogens is 550 g/mol. The minimum Gasteiger partial charge on any atom is -0.383 e. The van der Waals surface area contributed by atoms with E-state index in [4.69, 9.17) is 15.7 Å². The predicted molar refractivity (Wildman–Crippen MR) is 189 cm³/mol. The third-order valence-electron chi connectivity index (χ3n) is 8.32. The molecule has 0 saturated heterocycles. The maximum Gasteiger partial charge on any atom is 0.163 e. The third-order valence-corrected chi connectivity index (χ3v) is 8.32. The van der Waals surface area contributed by atoms with Crippen molar-refractivity contribution in [3.63, 3.8) is 0 Å². The minimum atomic E-state index is 0.391. The highest BCUT2D eigenvalue weighted by Gasteiger charge is 2.19. The lowest BCUT2D eigenvalue weighted by Gasteiger charge is -2.12. The molecule has 0 fully saturated rings. The predicted octanol–water partition coefficient (Wildman–Crippen LogP) is 9.17. The van der Waals surface area contributed by atoms with Crippen LogP contribution in [0.5, 0.6) is 0 Å². The van der Waals surface area contributed by atoms with Crippen LogP contribution in [0.15, 0.2) is 168 Å². The van der Waals surface area contributed by atoms with E-state index in [1.165, 1.54) is 10.8 Å². The summed E-state index contributed by atoms with van der Waals surface area (Å²) in [6.07, 6.45) is 0. The molecular formula is C40H29N5. The number of rotatable bonds is 5. The number of aliphatic imine (C=N–C) groups is 2. The van der Waals surface area contributed by atoms with Crippen molar-refractivity contribution < 1.29 is 0 Å². The number of amidine groups is 2. The molecule has 5 heteroatoms. The van der Waals surface area contributed by atoms with Gasteiger partial charge in [-0.15, -0.1) is 0 Å². The van der Waals surface area contributed by atoms with Crippen LogP contribution in [0.1, 0.15) is 11.1 Å². The van der Waals surface area contributed by atoms with Gasteiger partial charge in [0, 0.05) is 32.7 Å². The molecule has 0 aliphatic rings. The van der Waals surface area contributed by atoms with E-state index >= 15 is 0 Å². The smallest absolute Gasteiger partial charge is 0.163 e. The molecule has 0 bridgehead atoms. The van der Waals surface area contributed by atoms with Gasteiger partial charge in [0.25, 0.3) is 0 Å². The van der Waals surface area contributed by atoms with Crippen molar-refractivity contribution in [2.75, 3.05) is 0 Å². The second kappa shape index (κ2) is 10.8. The molecule has 2 N–H and O–H groups in total. The Balaban J connectivity index is 1.38. The molecule has 2 aromatic heterocycles. The van der Waals surface area contributed by atoms with Gasteiger partial charge in [0.2, 0.25) is 0 Å². The summed E-state index contributed by atoms with van der Waals surface area (Å²) in [6.45, 7) is 4.49. The normalized spacial score (nSPS) is 12.4. The molecule has 0 atom stereocenters. The number of aromatic nitrogens is 2. The highest BCUT2D eigenvalue weighted by atomic mass is 15.1. The fourth-order valence-electron chi connectivity index (χ4n) is 6.35. The minimum absolute atomic E-state index is 0.391. The van der Waals surface area contributed by atoms with Gasteiger partial charge in [0.1, 0.15) is 11.7 Å². The quantitative estimate of drug-likeness (QED) is 0.160. The molecule has 8 aromatic rings. The lowest BCUT2D eigenvalue weighted by Crippen LogP contribution is -2.16. The zero-order chi connectivity index (χ0) is 30.3. The molecule has 8 rings (SSSR count). The van der Waals surface area contributed by atoms with E-state index in [9.17, 15) is 0 Å². The van der Waals surface area contributed by atoms with Crippen LogP contribution in [0.3, 0.4) is 0 Å². The summed E-state index contributed by atoms with van der Waals surface area (Å²) in [6, 6.07) is 51.7. The van der Waals surface area contributed by atoms with Crippen molar-refractivity contribution in [3.8, 4) is 5.69 Å². The molecule has 0 radical (unpaired) electrons. The summed E-state index contributed by atoms with van der Waals surface area (Å²) in [5, 5.41) is 4.70. The largest absolute Gasteiger partial charge is 0.383 e. The number of fused-ring (bicyclic) bond motifs is 6. The molecule has 2 heterocycles. The van der Waals surface area contributed by atoms with Gasteiger partial charge in [-0.25, -0.2) is 9.98 Å². The first-order chi connectivity index (χ1) is 22.2. The Morgan fingerprint density at radius 3 is 1.64 bits per heavy atom. The summed E-state index contributed by atoms with van der Waals surface area (Å²) in [4.78, 5) is 9.88. The van der Waals surface area contributed by atoms with Crippen LogP contribution < -0.4 is 5.73 Å². The van der Waals surface area contributed by atoms with E-state index in [2.05, 4.69) is 107 Å². The first kappa shape index (κ1) is 26.4. The zero-order valence-corrected chi connectivity index (χ0v) is 24.5. The maximum atomic E-state index is 6.50. The Hall–Kier alpha value is -6.20. The molecule has 0 aliphatic carbocycles. The number of para-hydroxylation sites is 3. The summed E-state index contributed by atoms with van der Waals surface area (Å²) < 4.78 is 4.50.